The molecule has 28 heavy (non-hydrogen) atoms. The first-order chi connectivity index (χ1) is 13.6. The van der Waals surface area contributed by atoms with Gasteiger partial charge in [-0.2, -0.15) is 5.10 Å². The molecule has 3 aromatic rings. The van der Waals surface area contributed by atoms with E-state index in [1.807, 2.05) is 17.7 Å². The summed E-state index contributed by atoms with van der Waals surface area (Å²) < 4.78 is 18.0. The zero-order valence-electron chi connectivity index (χ0n) is 16.5. The van der Waals surface area contributed by atoms with Gasteiger partial charge >= 0.3 is 0 Å². The van der Waals surface area contributed by atoms with Gasteiger partial charge in [0.15, 0.2) is 5.96 Å². The second kappa shape index (κ2) is 9.16. The molecule has 0 unspecified atom stereocenters. The molecule has 0 saturated carbocycles. The van der Waals surface area contributed by atoms with Crippen LogP contribution in [0.5, 0.6) is 0 Å². The molecule has 1 aromatic carbocycles. The van der Waals surface area contributed by atoms with E-state index < -0.39 is 0 Å². The highest BCUT2D eigenvalue weighted by Crippen LogP contribution is 2.14. The molecule has 0 aliphatic rings. The number of aromatic nitrogens is 4. The van der Waals surface area contributed by atoms with Gasteiger partial charge in [0.05, 0.1) is 17.7 Å². The average molecular weight is 383 g/mol. The lowest BCUT2D eigenvalue weighted by molar-refractivity contribution is 0.555. The fraction of sp³-hybridized carbons (Fsp3) is 0.350. The monoisotopic (exact) mass is 383 g/mol. The molecule has 0 spiro atoms. The van der Waals surface area contributed by atoms with Crippen molar-refractivity contribution in [3.05, 3.63) is 65.8 Å². The molecule has 0 saturated heterocycles. The third kappa shape index (κ3) is 4.97. The number of aliphatic imine (C=N–C) groups is 1. The van der Waals surface area contributed by atoms with Gasteiger partial charge in [-0.15, -0.1) is 0 Å². The Morgan fingerprint density at radius 3 is 2.71 bits per heavy atom. The summed E-state index contributed by atoms with van der Waals surface area (Å²) in [6.07, 6.45) is 5.85. The van der Waals surface area contributed by atoms with Gasteiger partial charge in [0.25, 0.3) is 0 Å². The van der Waals surface area contributed by atoms with Crippen molar-refractivity contribution in [1.29, 1.82) is 0 Å². The van der Waals surface area contributed by atoms with Crippen molar-refractivity contribution in [2.45, 2.75) is 33.4 Å². The molecule has 0 aliphatic carbocycles. The molecule has 0 aliphatic heterocycles. The van der Waals surface area contributed by atoms with Crippen LogP contribution in [0.3, 0.4) is 0 Å². The van der Waals surface area contributed by atoms with Gasteiger partial charge in [0.2, 0.25) is 0 Å². The summed E-state index contributed by atoms with van der Waals surface area (Å²) in [6, 6.07) is 7.24. The van der Waals surface area contributed by atoms with Gasteiger partial charge < -0.3 is 15.2 Å². The molecule has 0 fully saturated rings. The van der Waals surface area contributed by atoms with E-state index >= 15 is 0 Å². The van der Waals surface area contributed by atoms with Gasteiger partial charge in [-0.25, -0.2) is 9.37 Å². The van der Waals surface area contributed by atoms with Gasteiger partial charge in [0.1, 0.15) is 5.82 Å². The molecule has 0 amide bonds. The van der Waals surface area contributed by atoms with Crippen molar-refractivity contribution in [2.75, 3.05) is 13.6 Å². The lowest BCUT2D eigenvalue weighted by atomic mass is 10.2. The summed E-state index contributed by atoms with van der Waals surface area (Å²) in [6.45, 7) is 6.16. The molecule has 148 valence electrons. The van der Waals surface area contributed by atoms with E-state index in [0.717, 1.165) is 30.8 Å². The number of imidazole rings is 1. The van der Waals surface area contributed by atoms with Crippen LogP contribution in [0.25, 0.3) is 5.69 Å². The third-order valence-corrected chi connectivity index (χ3v) is 4.42. The average Bonchev–Trinajstić information content (AvgIpc) is 3.31. The Morgan fingerprint density at radius 2 is 2.07 bits per heavy atom. The first-order valence-electron chi connectivity index (χ1n) is 9.29. The SMILES string of the molecule is CN=C(NCCCn1nc(C)cc1C)NCc1ccc(-n2ccnc2)c(F)c1. The number of nitrogens with zero attached hydrogens (tertiary/aromatic N) is 5. The molecule has 0 radical (unpaired) electrons. The number of rotatable bonds is 7. The van der Waals surface area contributed by atoms with Crippen LogP contribution in [0.2, 0.25) is 0 Å². The van der Waals surface area contributed by atoms with E-state index in [1.165, 1.54) is 11.8 Å². The molecule has 2 heterocycles. The first-order valence-corrected chi connectivity index (χ1v) is 9.29. The van der Waals surface area contributed by atoms with Crippen molar-refractivity contribution in [3.63, 3.8) is 0 Å². The van der Waals surface area contributed by atoms with Gasteiger partial charge in [0, 0.05) is 44.8 Å². The maximum absolute atomic E-state index is 14.3. The fourth-order valence-corrected chi connectivity index (χ4v) is 3.01. The van der Waals surface area contributed by atoms with Crippen LogP contribution in [0, 0.1) is 19.7 Å². The van der Waals surface area contributed by atoms with Crippen LogP contribution in [-0.2, 0) is 13.1 Å². The minimum Gasteiger partial charge on any atom is -0.356 e. The van der Waals surface area contributed by atoms with Crippen molar-refractivity contribution < 1.29 is 4.39 Å². The molecule has 0 bridgehead atoms. The highest BCUT2D eigenvalue weighted by atomic mass is 19.1. The molecule has 2 aromatic heterocycles. The first kappa shape index (κ1) is 19.6. The zero-order chi connectivity index (χ0) is 19.9. The number of halogens is 1. The van der Waals surface area contributed by atoms with Gasteiger partial charge in [-0.3, -0.25) is 9.67 Å². The maximum atomic E-state index is 14.3. The van der Waals surface area contributed by atoms with E-state index in [4.69, 9.17) is 0 Å². The molecule has 2 N–H and O–H groups in total. The molecular formula is C20H26FN7. The number of aryl methyl sites for hydroxylation is 3. The van der Waals surface area contributed by atoms with Crippen molar-refractivity contribution in [3.8, 4) is 5.69 Å². The number of guanidine groups is 1. The number of hydrogen-bond donors (Lipinski definition) is 2. The largest absolute Gasteiger partial charge is 0.356 e. The predicted molar refractivity (Wildman–Crippen MR) is 108 cm³/mol. The minimum absolute atomic E-state index is 0.287. The lowest BCUT2D eigenvalue weighted by Crippen LogP contribution is -2.37. The van der Waals surface area contributed by atoms with Crippen molar-refractivity contribution in [1.82, 2.24) is 30.0 Å². The van der Waals surface area contributed by atoms with E-state index in [2.05, 4.69) is 38.7 Å². The minimum atomic E-state index is -0.287. The summed E-state index contributed by atoms with van der Waals surface area (Å²) in [5, 5.41) is 10.9. The third-order valence-electron chi connectivity index (χ3n) is 4.42. The summed E-state index contributed by atoms with van der Waals surface area (Å²) in [4.78, 5) is 8.16. The van der Waals surface area contributed by atoms with E-state index in [9.17, 15) is 4.39 Å². The quantitative estimate of drug-likeness (QED) is 0.374. The molecule has 0 atom stereocenters. The van der Waals surface area contributed by atoms with Crippen LogP contribution >= 0.6 is 0 Å². The molecule has 8 heteroatoms. The fourth-order valence-electron chi connectivity index (χ4n) is 3.01. The van der Waals surface area contributed by atoms with E-state index in [1.54, 1.807) is 36.4 Å². The number of nitrogens with one attached hydrogen (secondary N) is 2. The Hall–Kier alpha value is -3.16. The van der Waals surface area contributed by atoms with Crippen molar-refractivity contribution in [2.24, 2.45) is 4.99 Å². The maximum Gasteiger partial charge on any atom is 0.191 e. The lowest BCUT2D eigenvalue weighted by Gasteiger charge is -2.13. The standard InChI is InChI=1S/C20H26FN7/c1-15-11-16(2)28(26-15)9-4-7-24-20(22-3)25-13-17-5-6-19(18(21)12-17)27-10-8-23-14-27/h5-6,8,10-12,14H,4,7,9,13H2,1-3H3,(H2,22,24,25). The normalized spacial score (nSPS) is 11.6. The van der Waals surface area contributed by atoms with E-state index in [0.29, 0.717) is 18.2 Å². The Balaban J connectivity index is 1.46. The Morgan fingerprint density at radius 1 is 1.21 bits per heavy atom. The van der Waals surface area contributed by atoms with Crippen LogP contribution in [0.15, 0.2) is 48.0 Å². The highest BCUT2D eigenvalue weighted by Gasteiger charge is 2.06. The van der Waals surface area contributed by atoms with Gasteiger partial charge in [-0.1, -0.05) is 6.07 Å². The van der Waals surface area contributed by atoms with Crippen LogP contribution in [0.1, 0.15) is 23.4 Å². The van der Waals surface area contributed by atoms with Crippen LogP contribution in [-0.4, -0.2) is 38.9 Å². The Bertz CT molecular complexity index is 928. The second-order valence-electron chi connectivity index (χ2n) is 6.61. The summed E-state index contributed by atoms with van der Waals surface area (Å²) in [5.41, 5.74) is 3.52. The van der Waals surface area contributed by atoms with Crippen LogP contribution < -0.4 is 10.6 Å². The summed E-state index contributed by atoms with van der Waals surface area (Å²) in [5.74, 6) is 0.401. The second-order valence-corrected chi connectivity index (χ2v) is 6.61. The smallest absolute Gasteiger partial charge is 0.191 e. The molecule has 7 nitrogen and oxygen atoms in total. The number of benzene rings is 1. The van der Waals surface area contributed by atoms with E-state index in [-0.39, 0.29) is 5.82 Å². The van der Waals surface area contributed by atoms with Crippen molar-refractivity contribution >= 4 is 5.96 Å². The highest BCUT2D eigenvalue weighted by molar-refractivity contribution is 5.79. The predicted octanol–water partition coefficient (Wildman–Crippen LogP) is 2.58. The molecule has 3 rings (SSSR count). The number of hydrogen-bond acceptors (Lipinski definition) is 3. The zero-order valence-corrected chi connectivity index (χ0v) is 16.5. The molecular weight excluding hydrogens is 357 g/mol. The topological polar surface area (TPSA) is 72.1 Å². The summed E-state index contributed by atoms with van der Waals surface area (Å²) in [7, 11) is 1.72. The Labute approximate surface area is 164 Å². The Kier molecular flexibility index (Phi) is 6.41. The van der Waals surface area contributed by atoms with Gasteiger partial charge in [-0.05, 0) is 44.0 Å². The summed E-state index contributed by atoms with van der Waals surface area (Å²) >= 11 is 0. The van der Waals surface area contributed by atoms with Crippen LogP contribution in [0.4, 0.5) is 4.39 Å².